The highest BCUT2D eigenvalue weighted by Gasteiger charge is 2.31. The summed E-state index contributed by atoms with van der Waals surface area (Å²) in [6, 6.07) is -1.38. The Labute approximate surface area is 107 Å². The molecule has 3 N–H and O–H groups in total. The topological polar surface area (TPSA) is 100 Å². The Morgan fingerprint density at radius 2 is 2.17 bits per heavy atom. The van der Waals surface area contributed by atoms with Crippen molar-refractivity contribution in [3.8, 4) is 0 Å². The van der Waals surface area contributed by atoms with E-state index in [1.807, 2.05) is 13.8 Å². The maximum absolute atomic E-state index is 11.7. The van der Waals surface area contributed by atoms with Crippen molar-refractivity contribution in [3.05, 3.63) is 10.6 Å². The SMILES string of the molecule is Cc1nc(NC(=O)CC2NC(=O)NC2=O)sc1C. The van der Waals surface area contributed by atoms with Gasteiger partial charge in [-0.1, -0.05) is 0 Å². The van der Waals surface area contributed by atoms with Crippen LogP contribution in [0.3, 0.4) is 0 Å². The molecule has 0 aromatic carbocycles. The van der Waals surface area contributed by atoms with E-state index in [2.05, 4.69) is 20.9 Å². The van der Waals surface area contributed by atoms with Gasteiger partial charge in [0.05, 0.1) is 12.1 Å². The first-order chi connectivity index (χ1) is 8.45. The number of nitrogens with one attached hydrogen (secondary N) is 3. The maximum Gasteiger partial charge on any atom is 0.322 e. The van der Waals surface area contributed by atoms with Crippen LogP contribution in [0.4, 0.5) is 9.93 Å². The van der Waals surface area contributed by atoms with Crippen molar-refractivity contribution < 1.29 is 14.4 Å². The largest absolute Gasteiger partial charge is 0.325 e. The number of imide groups is 1. The summed E-state index contributed by atoms with van der Waals surface area (Å²) in [5, 5.41) is 7.53. The zero-order valence-electron chi connectivity index (χ0n) is 9.86. The van der Waals surface area contributed by atoms with Gasteiger partial charge in [-0.25, -0.2) is 9.78 Å². The summed E-state index contributed by atoms with van der Waals surface area (Å²) in [5.74, 6) is -0.840. The van der Waals surface area contributed by atoms with Crippen LogP contribution >= 0.6 is 11.3 Å². The van der Waals surface area contributed by atoms with Gasteiger partial charge < -0.3 is 10.6 Å². The van der Waals surface area contributed by atoms with Gasteiger partial charge in [0.2, 0.25) is 5.91 Å². The first-order valence-corrected chi connectivity index (χ1v) is 6.12. The minimum absolute atomic E-state index is 0.102. The van der Waals surface area contributed by atoms with Crippen LogP contribution in [0, 0.1) is 13.8 Å². The number of hydrogen-bond acceptors (Lipinski definition) is 5. The molecule has 0 spiro atoms. The summed E-state index contributed by atoms with van der Waals surface area (Å²) in [5.41, 5.74) is 0.863. The number of rotatable bonds is 3. The van der Waals surface area contributed by atoms with Gasteiger partial charge >= 0.3 is 6.03 Å². The molecular formula is C10H12N4O3S. The molecule has 2 heterocycles. The summed E-state index contributed by atoms with van der Waals surface area (Å²) >= 11 is 1.37. The summed E-state index contributed by atoms with van der Waals surface area (Å²) in [6.07, 6.45) is -0.102. The molecule has 1 aliphatic heterocycles. The molecule has 1 fully saturated rings. The van der Waals surface area contributed by atoms with E-state index in [-0.39, 0.29) is 12.3 Å². The molecular weight excluding hydrogens is 256 g/mol. The van der Waals surface area contributed by atoms with Crippen molar-refractivity contribution in [1.29, 1.82) is 0 Å². The quantitative estimate of drug-likeness (QED) is 0.686. The molecule has 96 valence electrons. The van der Waals surface area contributed by atoms with E-state index >= 15 is 0 Å². The highest BCUT2D eigenvalue weighted by atomic mass is 32.1. The van der Waals surface area contributed by atoms with E-state index in [1.165, 1.54) is 11.3 Å². The third-order valence-electron chi connectivity index (χ3n) is 2.52. The first-order valence-electron chi connectivity index (χ1n) is 5.31. The van der Waals surface area contributed by atoms with Crippen LogP contribution in [0.2, 0.25) is 0 Å². The fraction of sp³-hybridized carbons (Fsp3) is 0.400. The van der Waals surface area contributed by atoms with Crippen molar-refractivity contribution in [3.63, 3.8) is 0 Å². The van der Waals surface area contributed by atoms with E-state index in [9.17, 15) is 14.4 Å². The van der Waals surface area contributed by atoms with Crippen molar-refractivity contribution in [2.75, 3.05) is 5.32 Å². The van der Waals surface area contributed by atoms with Gasteiger partial charge in [0, 0.05) is 4.88 Å². The number of carbonyl (C=O) groups excluding carboxylic acids is 3. The molecule has 1 aliphatic rings. The molecule has 1 aromatic rings. The molecule has 1 atom stereocenters. The van der Waals surface area contributed by atoms with Gasteiger partial charge in [0.25, 0.3) is 5.91 Å². The molecule has 0 bridgehead atoms. The molecule has 0 saturated carbocycles. The zero-order valence-corrected chi connectivity index (χ0v) is 10.7. The van der Waals surface area contributed by atoms with Crippen LogP contribution in [0.25, 0.3) is 0 Å². The minimum atomic E-state index is -0.806. The molecule has 1 aromatic heterocycles. The molecule has 18 heavy (non-hydrogen) atoms. The number of aryl methyl sites for hydroxylation is 2. The Hall–Kier alpha value is -1.96. The lowest BCUT2D eigenvalue weighted by Gasteiger charge is -2.05. The summed E-state index contributed by atoms with van der Waals surface area (Å²) < 4.78 is 0. The van der Waals surface area contributed by atoms with Crippen LogP contribution in [-0.2, 0) is 9.59 Å². The Bertz CT molecular complexity index is 506. The molecule has 4 amide bonds. The predicted octanol–water partition coefficient (Wildman–Crippen LogP) is 0.297. The third kappa shape index (κ3) is 2.65. The molecule has 8 heteroatoms. The van der Waals surface area contributed by atoms with Crippen molar-refractivity contribution in [2.45, 2.75) is 26.3 Å². The van der Waals surface area contributed by atoms with Crippen molar-refractivity contribution >= 4 is 34.3 Å². The van der Waals surface area contributed by atoms with Crippen LogP contribution in [0.5, 0.6) is 0 Å². The Balaban J connectivity index is 1.93. The van der Waals surface area contributed by atoms with Gasteiger partial charge in [0.1, 0.15) is 6.04 Å². The lowest BCUT2D eigenvalue weighted by molar-refractivity contribution is -0.124. The molecule has 0 aliphatic carbocycles. The first kappa shape index (κ1) is 12.5. The molecule has 1 unspecified atom stereocenters. The van der Waals surface area contributed by atoms with Gasteiger partial charge in [0.15, 0.2) is 5.13 Å². The summed E-state index contributed by atoms with van der Waals surface area (Å²) in [4.78, 5) is 39.0. The van der Waals surface area contributed by atoms with Gasteiger partial charge in [-0.05, 0) is 13.8 Å². The van der Waals surface area contributed by atoms with E-state index in [0.29, 0.717) is 5.13 Å². The van der Waals surface area contributed by atoms with Crippen molar-refractivity contribution in [2.24, 2.45) is 0 Å². The fourth-order valence-corrected chi connectivity index (χ4v) is 2.32. The molecule has 1 saturated heterocycles. The summed E-state index contributed by atoms with van der Waals surface area (Å²) in [7, 11) is 0. The average Bonchev–Trinajstić information content (AvgIpc) is 2.71. The van der Waals surface area contributed by atoms with E-state index < -0.39 is 18.0 Å². The maximum atomic E-state index is 11.7. The highest BCUT2D eigenvalue weighted by Crippen LogP contribution is 2.21. The van der Waals surface area contributed by atoms with Gasteiger partial charge in [-0.3, -0.25) is 14.9 Å². The number of thiazole rings is 1. The van der Waals surface area contributed by atoms with Crippen LogP contribution < -0.4 is 16.0 Å². The summed E-state index contributed by atoms with van der Waals surface area (Å²) in [6.45, 7) is 3.76. The number of amides is 4. The number of aromatic nitrogens is 1. The normalized spacial score (nSPS) is 18.4. The molecule has 7 nitrogen and oxygen atoms in total. The van der Waals surface area contributed by atoms with Crippen LogP contribution in [-0.4, -0.2) is 28.9 Å². The highest BCUT2D eigenvalue weighted by molar-refractivity contribution is 7.15. The standard InChI is InChI=1S/C10H12N4O3S/c1-4-5(2)18-10(11-4)13-7(15)3-6-8(16)14-9(17)12-6/h6H,3H2,1-2H3,(H,11,13,15)(H2,12,14,16,17). The Kier molecular flexibility index (Phi) is 3.28. The fourth-order valence-electron chi connectivity index (χ4n) is 1.48. The lowest BCUT2D eigenvalue weighted by Crippen LogP contribution is -2.33. The average molecular weight is 268 g/mol. The van der Waals surface area contributed by atoms with Gasteiger partial charge in [-0.15, -0.1) is 11.3 Å². The second-order valence-corrected chi connectivity index (χ2v) is 5.13. The van der Waals surface area contributed by atoms with E-state index in [1.54, 1.807) is 0 Å². The predicted molar refractivity (Wildman–Crippen MR) is 65.3 cm³/mol. The van der Waals surface area contributed by atoms with E-state index in [0.717, 1.165) is 10.6 Å². The third-order valence-corrected chi connectivity index (χ3v) is 3.51. The Morgan fingerprint density at radius 3 is 2.67 bits per heavy atom. The van der Waals surface area contributed by atoms with Crippen LogP contribution in [0.15, 0.2) is 0 Å². The molecule has 2 rings (SSSR count). The second-order valence-electron chi connectivity index (χ2n) is 3.93. The Morgan fingerprint density at radius 1 is 1.44 bits per heavy atom. The zero-order chi connectivity index (χ0) is 13.3. The van der Waals surface area contributed by atoms with Gasteiger partial charge in [-0.2, -0.15) is 0 Å². The number of carbonyl (C=O) groups is 3. The minimum Gasteiger partial charge on any atom is -0.325 e. The monoisotopic (exact) mass is 268 g/mol. The number of nitrogens with zero attached hydrogens (tertiary/aromatic N) is 1. The number of hydrogen-bond donors (Lipinski definition) is 3. The van der Waals surface area contributed by atoms with E-state index in [4.69, 9.17) is 0 Å². The van der Waals surface area contributed by atoms with Crippen molar-refractivity contribution in [1.82, 2.24) is 15.6 Å². The molecule has 0 radical (unpaired) electrons. The smallest absolute Gasteiger partial charge is 0.322 e. The second kappa shape index (κ2) is 4.73. The number of anilines is 1. The lowest BCUT2D eigenvalue weighted by atomic mass is 10.2. The van der Waals surface area contributed by atoms with Crippen LogP contribution in [0.1, 0.15) is 17.0 Å². The number of urea groups is 1.